The molecule has 1 amide bonds. The summed E-state index contributed by atoms with van der Waals surface area (Å²) in [5.41, 5.74) is 0.852. The minimum absolute atomic E-state index is 0.313. The molecule has 0 bridgehead atoms. The van der Waals surface area contributed by atoms with E-state index in [9.17, 15) is 9.90 Å². The number of benzene rings is 1. The van der Waals surface area contributed by atoms with Crippen molar-refractivity contribution in [2.45, 2.75) is 26.0 Å². The van der Waals surface area contributed by atoms with E-state index >= 15 is 0 Å². The first-order chi connectivity index (χ1) is 7.65. The summed E-state index contributed by atoms with van der Waals surface area (Å²) in [6.45, 7) is 3.68. The molecule has 1 rings (SSSR count). The molecule has 0 radical (unpaired) electrons. The number of hydrogen-bond donors (Lipinski definition) is 2. The molecule has 0 unspecified atom stereocenters. The van der Waals surface area contributed by atoms with Crippen molar-refractivity contribution in [2.75, 3.05) is 6.61 Å². The van der Waals surface area contributed by atoms with Gasteiger partial charge in [-0.3, -0.25) is 0 Å². The number of rotatable bonds is 4. The number of aliphatic hydroxyl groups excluding tert-OH is 1. The Bertz CT molecular complexity index is 324. The summed E-state index contributed by atoms with van der Waals surface area (Å²) in [5.74, 6) is 0. The van der Waals surface area contributed by atoms with Crippen molar-refractivity contribution in [1.82, 2.24) is 5.32 Å². The standard InChI is InChI=1S/C12H17NO3/c1-3-16-12(15)13-11(9(2)14)10-7-5-4-6-8-10/h4-9,11,14H,3H2,1-2H3,(H,13,15)/t9-,11+/m0/s1. The van der Waals surface area contributed by atoms with E-state index in [1.54, 1.807) is 13.8 Å². The van der Waals surface area contributed by atoms with Gasteiger partial charge in [0, 0.05) is 0 Å². The van der Waals surface area contributed by atoms with Crippen molar-refractivity contribution in [3.63, 3.8) is 0 Å². The molecule has 2 atom stereocenters. The Kier molecular flexibility index (Phi) is 4.79. The molecule has 4 heteroatoms. The summed E-state index contributed by atoms with van der Waals surface area (Å²) < 4.78 is 4.78. The predicted octanol–water partition coefficient (Wildman–Crippen LogP) is 1.85. The lowest BCUT2D eigenvalue weighted by Crippen LogP contribution is -2.35. The van der Waals surface area contributed by atoms with Gasteiger partial charge in [-0.2, -0.15) is 0 Å². The third-order valence-corrected chi connectivity index (χ3v) is 2.19. The highest BCUT2D eigenvalue weighted by molar-refractivity contribution is 5.68. The zero-order chi connectivity index (χ0) is 12.0. The Morgan fingerprint density at radius 2 is 2.06 bits per heavy atom. The molecule has 0 saturated carbocycles. The zero-order valence-corrected chi connectivity index (χ0v) is 9.51. The second kappa shape index (κ2) is 6.12. The fourth-order valence-corrected chi connectivity index (χ4v) is 1.44. The van der Waals surface area contributed by atoms with Crippen molar-refractivity contribution in [2.24, 2.45) is 0 Å². The molecular formula is C12H17NO3. The molecule has 0 aliphatic heterocycles. The predicted molar refractivity (Wildman–Crippen MR) is 61.0 cm³/mol. The van der Waals surface area contributed by atoms with E-state index in [2.05, 4.69) is 5.32 Å². The lowest BCUT2D eigenvalue weighted by molar-refractivity contribution is 0.116. The van der Waals surface area contributed by atoms with Crippen LogP contribution in [0.15, 0.2) is 30.3 Å². The fourth-order valence-electron chi connectivity index (χ4n) is 1.44. The first-order valence-corrected chi connectivity index (χ1v) is 5.31. The number of nitrogens with one attached hydrogen (secondary N) is 1. The maximum atomic E-state index is 11.3. The van der Waals surface area contributed by atoms with Crippen LogP contribution in [0.25, 0.3) is 0 Å². The maximum absolute atomic E-state index is 11.3. The first-order valence-electron chi connectivity index (χ1n) is 5.31. The van der Waals surface area contributed by atoms with Gasteiger partial charge in [0.2, 0.25) is 0 Å². The number of alkyl carbamates (subject to hydrolysis) is 1. The summed E-state index contributed by atoms with van der Waals surface area (Å²) in [6.07, 6.45) is -1.19. The number of carbonyl (C=O) groups excluding carboxylic acids is 1. The van der Waals surface area contributed by atoms with E-state index in [1.807, 2.05) is 30.3 Å². The van der Waals surface area contributed by atoms with Gasteiger partial charge in [0.15, 0.2) is 0 Å². The molecule has 2 N–H and O–H groups in total. The molecule has 88 valence electrons. The lowest BCUT2D eigenvalue weighted by atomic mass is 10.0. The normalized spacial score (nSPS) is 13.9. The van der Waals surface area contributed by atoms with Crippen LogP contribution in [-0.2, 0) is 4.74 Å². The maximum Gasteiger partial charge on any atom is 0.407 e. The molecule has 0 spiro atoms. The van der Waals surface area contributed by atoms with Gasteiger partial charge in [-0.1, -0.05) is 30.3 Å². The molecule has 0 heterocycles. The summed E-state index contributed by atoms with van der Waals surface area (Å²) in [5, 5.41) is 12.2. The molecule has 4 nitrogen and oxygen atoms in total. The van der Waals surface area contributed by atoms with Gasteiger partial charge < -0.3 is 15.2 Å². The van der Waals surface area contributed by atoms with Gasteiger partial charge in [-0.15, -0.1) is 0 Å². The zero-order valence-electron chi connectivity index (χ0n) is 9.51. The van der Waals surface area contributed by atoms with E-state index < -0.39 is 18.2 Å². The summed E-state index contributed by atoms with van der Waals surface area (Å²) in [4.78, 5) is 11.3. The highest BCUT2D eigenvalue weighted by Crippen LogP contribution is 2.16. The second-order valence-corrected chi connectivity index (χ2v) is 3.49. The molecule has 16 heavy (non-hydrogen) atoms. The Morgan fingerprint density at radius 1 is 1.44 bits per heavy atom. The second-order valence-electron chi connectivity index (χ2n) is 3.49. The first kappa shape index (κ1) is 12.5. The smallest absolute Gasteiger partial charge is 0.407 e. The van der Waals surface area contributed by atoms with E-state index in [1.165, 1.54) is 0 Å². The topological polar surface area (TPSA) is 58.6 Å². The van der Waals surface area contributed by atoms with Crippen LogP contribution in [0.1, 0.15) is 25.5 Å². The average Bonchev–Trinajstić information content (AvgIpc) is 2.27. The average molecular weight is 223 g/mol. The summed E-state index contributed by atoms with van der Waals surface area (Å²) >= 11 is 0. The van der Waals surface area contributed by atoms with E-state index in [0.29, 0.717) is 6.61 Å². The number of ether oxygens (including phenoxy) is 1. The van der Waals surface area contributed by atoms with Gasteiger partial charge in [0.1, 0.15) is 0 Å². The molecule has 1 aromatic carbocycles. The Labute approximate surface area is 95.2 Å². The summed E-state index contributed by atoms with van der Waals surface area (Å²) in [6, 6.07) is 8.86. The Balaban J connectivity index is 2.73. The van der Waals surface area contributed by atoms with Crippen molar-refractivity contribution < 1.29 is 14.6 Å². The molecule has 0 fully saturated rings. The Hall–Kier alpha value is -1.55. The molecule has 0 aliphatic rings. The SMILES string of the molecule is CCOC(=O)N[C@@H](c1ccccc1)[C@H](C)O. The van der Waals surface area contributed by atoms with Crippen LogP contribution in [0.5, 0.6) is 0 Å². The van der Waals surface area contributed by atoms with Crippen molar-refractivity contribution >= 4 is 6.09 Å². The highest BCUT2D eigenvalue weighted by atomic mass is 16.5. The number of aliphatic hydroxyl groups is 1. The lowest BCUT2D eigenvalue weighted by Gasteiger charge is -2.21. The molecular weight excluding hydrogens is 206 g/mol. The largest absolute Gasteiger partial charge is 0.450 e. The fraction of sp³-hybridized carbons (Fsp3) is 0.417. The monoisotopic (exact) mass is 223 g/mol. The van der Waals surface area contributed by atoms with Crippen molar-refractivity contribution in [3.05, 3.63) is 35.9 Å². The highest BCUT2D eigenvalue weighted by Gasteiger charge is 2.19. The van der Waals surface area contributed by atoms with Crippen LogP contribution in [0.3, 0.4) is 0 Å². The van der Waals surface area contributed by atoms with Gasteiger partial charge in [0.05, 0.1) is 18.8 Å². The molecule has 1 aromatic rings. The van der Waals surface area contributed by atoms with Gasteiger partial charge >= 0.3 is 6.09 Å². The van der Waals surface area contributed by atoms with Crippen molar-refractivity contribution in [1.29, 1.82) is 0 Å². The van der Waals surface area contributed by atoms with Crippen LogP contribution in [-0.4, -0.2) is 23.9 Å². The van der Waals surface area contributed by atoms with Crippen LogP contribution >= 0.6 is 0 Å². The van der Waals surface area contributed by atoms with E-state index in [-0.39, 0.29) is 0 Å². The molecule has 0 saturated heterocycles. The number of carbonyl (C=O) groups is 1. The van der Waals surface area contributed by atoms with Gasteiger partial charge in [-0.05, 0) is 19.4 Å². The van der Waals surface area contributed by atoms with Gasteiger partial charge in [0.25, 0.3) is 0 Å². The molecule has 0 aliphatic carbocycles. The third kappa shape index (κ3) is 3.55. The minimum atomic E-state index is -0.674. The quantitative estimate of drug-likeness (QED) is 0.819. The van der Waals surface area contributed by atoms with Crippen LogP contribution in [0.2, 0.25) is 0 Å². The van der Waals surface area contributed by atoms with E-state index in [0.717, 1.165) is 5.56 Å². The number of amides is 1. The molecule has 0 aromatic heterocycles. The van der Waals surface area contributed by atoms with Gasteiger partial charge in [-0.25, -0.2) is 4.79 Å². The Morgan fingerprint density at radius 3 is 2.56 bits per heavy atom. The van der Waals surface area contributed by atoms with Crippen LogP contribution in [0, 0.1) is 0 Å². The van der Waals surface area contributed by atoms with Crippen LogP contribution in [0.4, 0.5) is 4.79 Å². The minimum Gasteiger partial charge on any atom is -0.450 e. The number of hydrogen-bond acceptors (Lipinski definition) is 3. The summed E-state index contributed by atoms with van der Waals surface area (Å²) in [7, 11) is 0. The van der Waals surface area contributed by atoms with Crippen LogP contribution < -0.4 is 5.32 Å². The van der Waals surface area contributed by atoms with E-state index in [4.69, 9.17) is 4.74 Å². The van der Waals surface area contributed by atoms with Crippen molar-refractivity contribution in [3.8, 4) is 0 Å². The third-order valence-electron chi connectivity index (χ3n) is 2.19.